The van der Waals surface area contributed by atoms with Gasteiger partial charge in [0.15, 0.2) is 0 Å². The third-order valence-corrected chi connectivity index (χ3v) is 3.91. The summed E-state index contributed by atoms with van der Waals surface area (Å²) in [6.45, 7) is 8.26. The van der Waals surface area contributed by atoms with Gasteiger partial charge >= 0.3 is 0 Å². The van der Waals surface area contributed by atoms with Gasteiger partial charge in [0.1, 0.15) is 6.10 Å². The van der Waals surface area contributed by atoms with Crippen molar-refractivity contribution in [2.75, 3.05) is 0 Å². The van der Waals surface area contributed by atoms with E-state index in [4.69, 9.17) is 4.74 Å². The van der Waals surface area contributed by atoms with Crippen LogP contribution in [0.15, 0.2) is 85.3 Å². The van der Waals surface area contributed by atoms with Gasteiger partial charge in [-0.15, -0.1) is 0 Å². The monoisotopic (exact) mass is 338 g/mol. The largest absolute Gasteiger partial charge is 0.491 e. The van der Waals surface area contributed by atoms with Crippen molar-refractivity contribution in [3.63, 3.8) is 0 Å². The Morgan fingerprint density at radius 1 is 1.00 bits per heavy atom. The number of allylic oxidation sites excluding steroid dienone is 12. The van der Waals surface area contributed by atoms with Gasteiger partial charge in [-0.3, -0.25) is 0 Å². The van der Waals surface area contributed by atoms with Gasteiger partial charge in [-0.05, 0) is 44.1 Å². The van der Waals surface area contributed by atoms with E-state index in [1.165, 1.54) is 0 Å². The second kappa shape index (κ2) is 14.3. The fraction of sp³-hybridized carbons (Fsp3) is 0.417. The Balaban J connectivity index is 2.07. The van der Waals surface area contributed by atoms with Crippen molar-refractivity contribution in [2.45, 2.75) is 58.5 Å². The van der Waals surface area contributed by atoms with Crippen LogP contribution in [-0.2, 0) is 4.74 Å². The van der Waals surface area contributed by atoms with E-state index in [2.05, 4.69) is 93.3 Å². The normalized spacial score (nSPS) is 20.4. The zero-order valence-corrected chi connectivity index (χ0v) is 15.9. The van der Waals surface area contributed by atoms with Crippen molar-refractivity contribution in [2.24, 2.45) is 5.92 Å². The molecule has 1 rings (SSSR count). The molecule has 0 N–H and O–H groups in total. The maximum Gasteiger partial charge on any atom is 0.117 e. The number of hydrogen-bond donors (Lipinski definition) is 0. The van der Waals surface area contributed by atoms with E-state index in [9.17, 15) is 0 Å². The summed E-state index contributed by atoms with van der Waals surface area (Å²) in [5, 5.41) is 0. The zero-order chi connectivity index (χ0) is 18.2. The van der Waals surface area contributed by atoms with E-state index >= 15 is 0 Å². The highest BCUT2D eigenvalue weighted by Crippen LogP contribution is 2.21. The van der Waals surface area contributed by atoms with Crippen molar-refractivity contribution in [3.8, 4) is 0 Å². The van der Waals surface area contributed by atoms with E-state index in [0.717, 1.165) is 44.3 Å². The topological polar surface area (TPSA) is 9.23 Å². The van der Waals surface area contributed by atoms with Gasteiger partial charge in [-0.2, -0.15) is 0 Å². The molecule has 0 unspecified atom stereocenters. The van der Waals surface area contributed by atoms with Gasteiger partial charge < -0.3 is 4.74 Å². The molecule has 0 aromatic carbocycles. The molecule has 0 aromatic rings. The maximum atomic E-state index is 5.55. The van der Waals surface area contributed by atoms with Gasteiger partial charge in [0.2, 0.25) is 0 Å². The summed E-state index contributed by atoms with van der Waals surface area (Å²) in [4.78, 5) is 0. The molecule has 0 radical (unpaired) electrons. The van der Waals surface area contributed by atoms with Crippen molar-refractivity contribution in [1.29, 1.82) is 0 Å². The second-order valence-corrected chi connectivity index (χ2v) is 6.40. The molecule has 0 saturated carbocycles. The third kappa shape index (κ3) is 12.1. The predicted molar refractivity (Wildman–Crippen MR) is 111 cm³/mol. The number of rotatable bonds is 11. The molecule has 1 nitrogen and oxygen atoms in total. The summed E-state index contributed by atoms with van der Waals surface area (Å²) in [5.74, 6) is 1.51. The first-order valence-corrected chi connectivity index (χ1v) is 9.53. The van der Waals surface area contributed by atoms with Crippen molar-refractivity contribution >= 4 is 0 Å². The van der Waals surface area contributed by atoms with Gasteiger partial charge in [-0.1, -0.05) is 87.3 Å². The lowest BCUT2D eigenvalue weighted by molar-refractivity contribution is 0.203. The Morgan fingerprint density at radius 3 is 2.36 bits per heavy atom. The van der Waals surface area contributed by atoms with Gasteiger partial charge in [0.25, 0.3) is 0 Å². The van der Waals surface area contributed by atoms with Crippen molar-refractivity contribution in [1.82, 2.24) is 0 Å². The fourth-order valence-electron chi connectivity index (χ4n) is 2.43. The van der Waals surface area contributed by atoms with Crippen LogP contribution >= 0.6 is 0 Å². The van der Waals surface area contributed by atoms with E-state index in [-0.39, 0.29) is 6.10 Å². The van der Waals surface area contributed by atoms with Gasteiger partial charge in [0.05, 0.1) is 5.76 Å². The molecule has 1 aliphatic rings. The van der Waals surface area contributed by atoms with Crippen molar-refractivity contribution in [3.05, 3.63) is 85.3 Å². The summed E-state index contributed by atoms with van der Waals surface area (Å²) in [6, 6.07) is 0. The molecule has 0 aromatic heterocycles. The highest BCUT2D eigenvalue weighted by atomic mass is 16.5. The average Bonchev–Trinajstić information content (AvgIpc) is 3.01. The molecule has 0 spiro atoms. The van der Waals surface area contributed by atoms with Crippen LogP contribution in [0.2, 0.25) is 0 Å². The third-order valence-electron chi connectivity index (χ3n) is 3.91. The molecule has 0 bridgehead atoms. The van der Waals surface area contributed by atoms with Crippen LogP contribution in [0, 0.1) is 5.92 Å². The zero-order valence-electron chi connectivity index (χ0n) is 15.9. The Morgan fingerprint density at radius 2 is 1.72 bits per heavy atom. The smallest absolute Gasteiger partial charge is 0.117 e. The van der Waals surface area contributed by atoms with Crippen LogP contribution in [-0.4, -0.2) is 6.10 Å². The molecule has 136 valence electrons. The SMILES string of the molecule is C=C1CC[C@@H](/C=C/C=C\C/C=C\C/C=C\C=C\[C@@H](C)C/C=C\CC)O1. The molecule has 1 fully saturated rings. The van der Waals surface area contributed by atoms with Crippen LogP contribution in [0.25, 0.3) is 0 Å². The first-order valence-electron chi connectivity index (χ1n) is 9.53. The molecule has 1 aliphatic heterocycles. The molecule has 2 atom stereocenters. The van der Waals surface area contributed by atoms with Crippen LogP contribution in [0.5, 0.6) is 0 Å². The minimum Gasteiger partial charge on any atom is -0.491 e. The van der Waals surface area contributed by atoms with Crippen LogP contribution in [0.3, 0.4) is 0 Å². The van der Waals surface area contributed by atoms with Crippen LogP contribution < -0.4 is 0 Å². The Hall–Kier alpha value is -2.02. The maximum absolute atomic E-state index is 5.55. The Kier molecular flexibility index (Phi) is 12.1. The molecular formula is C24H34O. The predicted octanol–water partition coefficient (Wildman–Crippen LogP) is 7.23. The first kappa shape index (κ1) is 21.0. The Bertz CT molecular complexity index is 528. The fourth-order valence-corrected chi connectivity index (χ4v) is 2.43. The molecule has 25 heavy (non-hydrogen) atoms. The lowest BCUT2D eigenvalue weighted by atomic mass is 10.1. The highest BCUT2D eigenvalue weighted by Gasteiger charge is 2.14. The first-order chi connectivity index (χ1) is 12.2. The van der Waals surface area contributed by atoms with Crippen molar-refractivity contribution < 1.29 is 4.74 Å². The van der Waals surface area contributed by atoms with Gasteiger partial charge in [-0.25, -0.2) is 0 Å². The minimum atomic E-state index is 0.219. The Labute approximate surface area is 154 Å². The summed E-state index contributed by atoms with van der Waals surface area (Å²) in [6.07, 6.45) is 32.5. The van der Waals surface area contributed by atoms with Crippen LogP contribution in [0.4, 0.5) is 0 Å². The number of hydrogen-bond acceptors (Lipinski definition) is 1. The number of ether oxygens (including phenoxy) is 1. The van der Waals surface area contributed by atoms with Crippen LogP contribution in [0.1, 0.15) is 52.4 Å². The summed E-state index contributed by atoms with van der Waals surface area (Å²) < 4.78 is 5.55. The minimum absolute atomic E-state index is 0.219. The highest BCUT2D eigenvalue weighted by molar-refractivity contribution is 5.10. The summed E-state index contributed by atoms with van der Waals surface area (Å²) in [5.41, 5.74) is 0. The summed E-state index contributed by atoms with van der Waals surface area (Å²) in [7, 11) is 0. The average molecular weight is 339 g/mol. The lowest BCUT2D eigenvalue weighted by Crippen LogP contribution is -1.97. The molecule has 0 aliphatic carbocycles. The van der Waals surface area contributed by atoms with E-state index < -0.39 is 0 Å². The quantitative estimate of drug-likeness (QED) is 0.285. The molecule has 1 saturated heterocycles. The molecule has 1 heterocycles. The standard InChI is InChI=1S/C24H34O/c1-4-5-14-17-22(2)18-15-12-10-8-6-7-9-11-13-16-19-24-21-20-23(3)25-24/h5-7,10-16,18-19,22,24H,3-4,8-9,17,20-21H2,1-2H3/b7-6-,12-10-,13-11-,14-5-,18-15+,19-16+/t22-,24+/m0/s1. The lowest BCUT2D eigenvalue weighted by Gasteiger charge is -2.02. The molecule has 0 amide bonds. The van der Waals surface area contributed by atoms with E-state index in [1.807, 2.05) is 0 Å². The van der Waals surface area contributed by atoms with E-state index in [0.29, 0.717) is 5.92 Å². The van der Waals surface area contributed by atoms with E-state index in [1.54, 1.807) is 0 Å². The molecular weight excluding hydrogens is 304 g/mol. The molecule has 1 heteroatoms. The summed E-state index contributed by atoms with van der Waals surface area (Å²) >= 11 is 0. The van der Waals surface area contributed by atoms with Gasteiger partial charge in [0, 0.05) is 6.42 Å². The second-order valence-electron chi connectivity index (χ2n) is 6.40.